The zero-order valence-electron chi connectivity index (χ0n) is 15.1. The highest BCUT2D eigenvalue weighted by molar-refractivity contribution is 14.1. The number of ether oxygens (including phenoxy) is 2. The molecule has 0 radical (unpaired) electrons. The molecule has 1 aromatic rings. The van der Waals surface area contributed by atoms with E-state index in [9.17, 15) is 32.7 Å². The third-order valence-electron chi connectivity index (χ3n) is 5.11. The second-order valence-corrected chi connectivity index (χ2v) is 8.00. The minimum atomic E-state index is -4.56. The Morgan fingerprint density at radius 3 is 2.00 bits per heavy atom. The van der Waals surface area contributed by atoms with Crippen molar-refractivity contribution in [1.82, 2.24) is 4.90 Å². The lowest BCUT2D eigenvalue weighted by Gasteiger charge is -2.41. The molecule has 3 aliphatic heterocycles. The first kappa shape index (κ1) is 21.0. The SMILES string of the molecule is O=C1COCC2=C1C(c1ccc(C(F)(F)F)c(I)c1)C1=C(COCC1=O)N2C(=O)O. The third-order valence-corrected chi connectivity index (χ3v) is 6.00. The van der Waals surface area contributed by atoms with E-state index in [-0.39, 0.29) is 52.5 Å². The maximum Gasteiger partial charge on any atom is 0.417 e. The molecular weight excluding hydrogens is 522 g/mol. The molecule has 1 N–H and O–H groups in total. The summed E-state index contributed by atoms with van der Waals surface area (Å²) in [6, 6.07) is 3.38. The van der Waals surface area contributed by atoms with Crippen LogP contribution in [0.3, 0.4) is 0 Å². The van der Waals surface area contributed by atoms with Crippen molar-refractivity contribution in [2.45, 2.75) is 12.1 Å². The second-order valence-electron chi connectivity index (χ2n) is 6.84. The Morgan fingerprint density at radius 2 is 1.57 bits per heavy atom. The predicted molar refractivity (Wildman–Crippen MR) is 102 cm³/mol. The van der Waals surface area contributed by atoms with Crippen LogP contribution in [0.25, 0.3) is 0 Å². The van der Waals surface area contributed by atoms with Gasteiger partial charge in [-0.25, -0.2) is 9.69 Å². The maximum absolute atomic E-state index is 13.2. The lowest BCUT2D eigenvalue weighted by atomic mass is 9.75. The fourth-order valence-electron chi connectivity index (χ4n) is 3.95. The topological polar surface area (TPSA) is 93.1 Å². The summed E-state index contributed by atoms with van der Waals surface area (Å²) < 4.78 is 49.9. The second kappa shape index (κ2) is 7.46. The van der Waals surface area contributed by atoms with Gasteiger partial charge < -0.3 is 14.6 Å². The molecule has 4 rings (SSSR count). The summed E-state index contributed by atoms with van der Waals surface area (Å²) in [7, 11) is 0. The zero-order valence-corrected chi connectivity index (χ0v) is 17.2. The van der Waals surface area contributed by atoms with E-state index in [0.29, 0.717) is 5.56 Å². The number of hydrogen-bond acceptors (Lipinski definition) is 5. The standard InChI is InChI=1S/C19H13F3INO6/c20-19(21,22)9-2-1-8(3-10(9)23)15-16-11(4-29-6-13(16)25)24(18(27)28)12-5-30-7-14(26)17(12)15/h1-3,15H,4-7H2,(H,27,28). The molecule has 3 aliphatic rings. The van der Waals surface area contributed by atoms with Crippen LogP contribution in [-0.2, 0) is 25.2 Å². The lowest BCUT2D eigenvalue weighted by molar-refractivity contribution is -0.138. The Labute approximate surface area is 181 Å². The normalized spacial score (nSPS) is 20.5. The Kier molecular flexibility index (Phi) is 5.22. The summed E-state index contributed by atoms with van der Waals surface area (Å²) in [5.41, 5.74) is -0.342. The first-order valence-corrected chi connectivity index (χ1v) is 9.76. The van der Waals surface area contributed by atoms with Crippen LogP contribution >= 0.6 is 22.6 Å². The Morgan fingerprint density at radius 1 is 1.03 bits per heavy atom. The number of alkyl halides is 3. The highest BCUT2D eigenvalue weighted by atomic mass is 127. The van der Waals surface area contributed by atoms with Gasteiger partial charge in [0.05, 0.1) is 30.2 Å². The summed E-state index contributed by atoms with van der Waals surface area (Å²) in [6.07, 6.45) is -5.97. The van der Waals surface area contributed by atoms with E-state index in [4.69, 9.17) is 9.47 Å². The van der Waals surface area contributed by atoms with Crippen molar-refractivity contribution in [2.24, 2.45) is 0 Å². The van der Waals surface area contributed by atoms with E-state index >= 15 is 0 Å². The van der Waals surface area contributed by atoms with Crippen LogP contribution in [-0.4, -0.2) is 54.1 Å². The highest BCUT2D eigenvalue weighted by Gasteiger charge is 2.46. The van der Waals surface area contributed by atoms with Gasteiger partial charge >= 0.3 is 12.3 Å². The van der Waals surface area contributed by atoms with Crippen molar-refractivity contribution in [3.05, 3.63) is 55.4 Å². The number of benzene rings is 1. The monoisotopic (exact) mass is 535 g/mol. The number of nitrogens with zero attached hydrogens (tertiary/aromatic N) is 1. The van der Waals surface area contributed by atoms with Gasteiger partial charge in [0.1, 0.15) is 13.2 Å². The van der Waals surface area contributed by atoms with Crippen LogP contribution in [0.5, 0.6) is 0 Å². The molecule has 30 heavy (non-hydrogen) atoms. The summed E-state index contributed by atoms with van der Waals surface area (Å²) >= 11 is 1.55. The van der Waals surface area contributed by atoms with E-state index in [1.54, 1.807) is 22.6 Å². The highest BCUT2D eigenvalue weighted by Crippen LogP contribution is 2.46. The average Bonchev–Trinajstić information content (AvgIpc) is 2.65. The molecule has 158 valence electrons. The van der Waals surface area contributed by atoms with Gasteiger partial charge in [-0.1, -0.05) is 6.07 Å². The molecule has 0 bridgehead atoms. The molecule has 0 atom stereocenters. The minimum absolute atomic E-state index is 0.0493. The summed E-state index contributed by atoms with van der Waals surface area (Å²) in [5, 5.41) is 9.71. The number of amides is 1. The number of carbonyl (C=O) groups is 3. The fraction of sp³-hybridized carbons (Fsp3) is 0.316. The molecule has 0 spiro atoms. The molecule has 0 fully saturated rings. The first-order chi connectivity index (χ1) is 14.1. The lowest BCUT2D eigenvalue weighted by Crippen LogP contribution is -2.46. The molecule has 11 heteroatoms. The van der Waals surface area contributed by atoms with Crippen molar-refractivity contribution in [3.63, 3.8) is 0 Å². The van der Waals surface area contributed by atoms with Gasteiger partial charge in [-0.05, 0) is 40.3 Å². The number of ketones is 2. The van der Waals surface area contributed by atoms with Crippen molar-refractivity contribution in [1.29, 1.82) is 0 Å². The van der Waals surface area contributed by atoms with E-state index < -0.39 is 35.3 Å². The van der Waals surface area contributed by atoms with Crippen molar-refractivity contribution >= 4 is 40.3 Å². The maximum atomic E-state index is 13.2. The molecule has 0 saturated carbocycles. The number of hydrogen-bond donors (Lipinski definition) is 1. The smallest absolute Gasteiger partial charge is 0.417 e. The van der Waals surface area contributed by atoms with Gasteiger partial charge in [0.15, 0.2) is 11.6 Å². The molecular formula is C19H13F3INO6. The largest absolute Gasteiger partial charge is 0.464 e. The fourth-order valence-corrected chi connectivity index (χ4v) is 4.80. The number of carboxylic acid groups (broad SMARTS) is 1. The van der Waals surface area contributed by atoms with Crippen LogP contribution < -0.4 is 0 Å². The number of halogens is 4. The van der Waals surface area contributed by atoms with Gasteiger partial charge in [0.25, 0.3) is 0 Å². The Bertz CT molecular complexity index is 1000. The van der Waals surface area contributed by atoms with Gasteiger partial charge in [0, 0.05) is 20.6 Å². The van der Waals surface area contributed by atoms with Crippen molar-refractivity contribution in [3.8, 4) is 0 Å². The van der Waals surface area contributed by atoms with E-state index in [2.05, 4.69) is 0 Å². The van der Waals surface area contributed by atoms with E-state index in [1.807, 2.05) is 0 Å². The van der Waals surface area contributed by atoms with Gasteiger partial charge in [-0.15, -0.1) is 0 Å². The Balaban J connectivity index is 1.96. The van der Waals surface area contributed by atoms with Crippen LogP contribution in [0.4, 0.5) is 18.0 Å². The van der Waals surface area contributed by atoms with Crippen LogP contribution in [0.1, 0.15) is 17.0 Å². The van der Waals surface area contributed by atoms with Gasteiger partial charge in [-0.3, -0.25) is 9.59 Å². The van der Waals surface area contributed by atoms with E-state index in [1.165, 1.54) is 12.1 Å². The zero-order chi connectivity index (χ0) is 21.8. The first-order valence-electron chi connectivity index (χ1n) is 8.69. The van der Waals surface area contributed by atoms with Crippen LogP contribution in [0, 0.1) is 3.57 Å². The third kappa shape index (κ3) is 3.34. The number of carbonyl (C=O) groups excluding carboxylic acids is 2. The molecule has 7 nitrogen and oxygen atoms in total. The quantitative estimate of drug-likeness (QED) is 0.556. The molecule has 1 aromatic carbocycles. The number of Topliss-reactive ketones (excluding diaryl/α,β-unsaturated/α-hetero) is 2. The van der Waals surface area contributed by atoms with Gasteiger partial charge in [-0.2, -0.15) is 13.2 Å². The molecule has 3 heterocycles. The molecule has 0 aliphatic carbocycles. The molecule has 1 amide bonds. The van der Waals surface area contributed by atoms with E-state index in [0.717, 1.165) is 11.0 Å². The van der Waals surface area contributed by atoms with Crippen LogP contribution in [0.15, 0.2) is 40.7 Å². The molecule has 0 saturated heterocycles. The molecule has 0 aromatic heterocycles. The summed E-state index contributed by atoms with van der Waals surface area (Å²) in [6.45, 7) is -0.999. The number of rotatable bonds is 1. The van der Waals surface area contributed by atoms with Gasteiger partial charge in [0.2, 0.25) is 0 Å². The minimum Gasteiger partial charge on any atom is -0.464 e. The van der Waals surface area contributed by atoms with Crippen molar-refractivity contribution in [2.75, 3.05) is 26.4 Å². The predicted octanol–water partition coefficient (Wildman–Crippen LogP) is 3.09. The molecule has 0 unspecified atom stereocenters. The average molecular weight is 535 g/mol. The summed E-state index contributed by atoms with van der Waals surface area (Å²) in [5.74, 6) is -2.03. The van der Waals surface area contributed by atoms with Crippen LogP contribution in [0.2, 0.25) is 0 Å². The van der Waals surface area contributed by atoms with Crippen molar-refractivity contribution < 1.29 is 42.1 Å². The summed E-state index contributed by atoms with van der Waals surface area (Å²) in [4.78, 5) is 38.2. The Hall–Kier alpha value is -2.25.